The van der Waals surface area contributed by atoms with Crippen LogP contribution in [0.3, 0.4) is 0 Å². The van der Waals surface area contributed by atoms with Gasteiger partial charge in [-0.15, -0.1) is 0 Å². The average molecular weight is 390 g/mol. The second-order valence-electron chi connectivity index (χ2n) is 6.50. The van der Waals surface area contributed by atoms with Crippen LogP contribution in [-0.2, 0) is 6.54 Å². The van der Waals surface area contributed by atoms with E-state index in [0.29, 0.717) is 6.04 Å². The zero-order valence-corrected chi connectivity index (χ0v) is 15.8. The van der Waals surface area contributed by atoms with Gasteiger partial charge in [0.05, 0.1) is 0 Å². The smallest absolute Gasteiger partial charge is 0.133 e. The highest BCUT2D eigenvalue weighted by atomic mass is 79.9. The minimum atomic E-state index is 0.427. The predicted molar refractivity (Wildman–Crippen MR) is 102 cm³/mol. The molecule has 0 amide bonds. The quantitative estimate of drug-likeness (QED) is 0.848. The molecule has 0 spiro atoms. The summed E-state index contributed by atoms with van der Waals surface area (Å²) >= 11 is 3.55. The Hall–Kier alpha value is -1.66. The lowest BCUT2D eigenvalue weighted by molar-refractivity contribution is 0.208. The molecule has 6 heteroatoms. The zero-order valence-electron chi connectivity index (χ0n) is 14.2. The lowest BCUT2D eigenvalue weighted by Gasteiger charge is -2.33. The molecule has 1 aromatic heterocycles. The molecule has 1 aliphatic heterocycles. The highest BCUT2D eigenvalue weighted by molar-refractivity contribution is 9.10. The number of piperidine rings is 1. The normalized spacial score (nSPS) is 18.4. The third-order valence-corrected chi connectivity index (χ3v) is 4.76. The maximum absolute atomic E-state index is 4.36. The summed E-state index contributed by atoms with van der Waals surface area (Å²) in [6.45, 7) is 3.18. The molecule has 128 valence electrons. The molecule has 5 nitrogen and oxygen atoms in total. The van der Waals surface area contributed by atoms with Crippen LogP contribution in [0.4, 0.5) is 11.6 Å². The zero-order chi connectivity index (χ0) is 16.9. The Labute approximate surface area is 152 Å². The molecule has 2 aromatic rings. The van der Waals surface area contributed by atoms with Crippen molar-refractivity contribution in [1.29, 1.82) is 0 Å². The number of hydrogen-bond donors (Lipinski definition) is 1. The summed E-state index contributed by atoms with van der Waals surface area (Å²) in [5.41, 5.74) is 1.35. The van der Waals surface area contributed by atoms with Gasteiger partial charge in [0.15, 0.2) is 0 Å². The Kier molecular flexibility index (Phi) is 5.68. The number of benzene rings is 1. The molecule has 1 atom stereocenters. The standard InChI is InChI=1S/C18H24BrN5/c1-23(2)18-10-17(20-13-21-18)22-16-7-4-8-24(12-16)11-14-5-3-6-15(19)9-14/h3,5-6,9-10,13,16H,4,7-8,11-12H2,1-2H3,(H,20,21,22). The molecular formula is C18H24BrN5. The second kappa shape index (κ2) is 7.94. The van der Waals surface area contributed by atoms with Crippen LogP contribution in [0.25, 0.3) is 0 Å². The van der Waals surface area contributed by atoms with Gasteiger partial charge in [-0.1, -0.05) is 28.1 Å². The van der Waals surface area contributed by atoms with Crippen molar-refractivity contribution >= 4 is 27.6 Å². The molecular weight excluding hydrogens is 366 g/mol. The number of hydrogen-bond acceptors (Lipinski definition) is 5. The molecule has 1 saturated heterocycles. The molecule has 1 N–H and O–H groups in total. The fourth-order valence-electron chi connectivity index (χ4n) is 3.09. The number of nitrogens with zero attached hydrogens (tertiary/aromatic N) is 4. The number of rotatable bonds is 5. The highest BCUT2D eigenvalue weighted by Crippen LogP contribution is 2.20. The van der Waals surface area contributed by atoms with Crippen LogP contribution in [-0.4, -0.2) is 48.1 Å². The van der Waals surface area contributed by atoms with Gasteiger partial charge in [-0.3, -0.25) is 4.90 Å². The minimum Gasteiger partial charge on any atom is -0.366 e. The van der Waals surface area contributed by atoms with E-state index in [-0.39, 0.29) is 0 Å². The van der Waals surface area contributed by atoms with Gasteiger partial charge in [0, 0.05) is 43.8 Å². The first-order valence-electron chi connectivity index (χ1n) is 8.33. The van der Waals surface area contributed by atoms with E-state index < -0.39 is 0 Å². The number of aromatic nitrogens is 2. The largest absolute Gasteiger partial charge is 0.366 e. The van der Waals surface area contributed by atoms with Crippen molar-refractivity contribution in [2.75, 3.05) is 37.4 Å². The first kappa shape index (κ1) is 17.2. The Morgan fingerprint density at radius 2 is 2.17 bits per heavy atom. The summed E-state index contributed by atoms with van der Waals surface area (Å²) in [5, 5.41) is 3.57. The van der Waals surface area contributed by atoms with Gasteiger partial charge >= 0.3 is 0 Å². The fourth-order valence-corrected chi connectivity index (χ4v) is 3.54. The Morgan fingerprint density at radius 1 is 1.29 bits per heavy atom. The van der Waals surface area contributed by atoms with E-state index in [9.17, 15) is 0 Å². The van der Waals surface area contributed by atoms with Crippen LogP contribution in [0.15, 0.2) is 41.1 Å². The van der Waals surface area contributed by atoms with E-state index in [4.69, 9.17) is 0 Å². The van der Waals surface area contributed by atoms with Crippen LogP contribution in [0.5, 0.6) is 0 Å². The van der Waals surface area contributed by atoms with Crippen LogP contribution in [0, 0.1) is 0 Å². The van der Waals surface area contributed by atoms with Gasteiger partial charge in [0.2, 0.25) is 0 Å². The van der Waals surface area contributed by atoms with E-state index >= 15 is 0 Å². The monoisotopic (exact) mass is 389 g/mol. The van der Waals surface area contributed by atoms with Crippen molar-refractivity contribution in [1.82, 2.24) is 14.9 Å². The number of likely N-dealkylation sites (tertiary alicyclic amines) is 1. The predicted octanol–water partition coefficient (Wildman–Crippen LogP) is 3.38. The molecule has 1 aromatic carbocycles. The van der Waals surface area contributed by atoms with Gasteiger partial charge in [0.1, 0.15) is 18.0 Å². The van der Waals surface area contributed by atoms with Crippen LogP contribution in [0.1, 0.15) is 18.4 Å². The molecule has 2 heterocycles. The van der Waals surface area contributed by atoms with Crippen LogP contribution >= 0.6 is 15.9 Å². The Balaban J connectivity index is 1.60. The summed E-state index contributed by atoms with van der Waals surface area (Å²) in [7, 11) is 3.99. The van der Waals surface area contributed by atoms with E-state index in [1.54, 1.807) is 6.33 Å². The topological polar surface area (TPSA) is 44.3 Å². The van der Waals surface area contributed by atoms with E-state index in [1.165, 1.54) is 18.4 Å². The molecule has 1 aliphatic rings. The second-order valence-corrected chi connectivity index (χ2v) is 7.42. The molecule has 1 unspecified atom stereocenters. The first-order chi connectivity index (χ1) is 11.6. The third kappa shape index (κ3) is 4.68. The maximum atomic E-state index is 4.36. The molecule has 0 bridgehead atoms. The SMILES string of the molecule is CN(C)c1cc(NC2CCCN(Cc3cccc(Br)c3)C2)ncn1. The average Bonchev–Trinajstić information content (AvgIpc) is 2.55. The van der Waals surface area contributed by atoms with Crippen molar-refractivity contribution in [3.63, 3.8) is 0 Å². The lowest BCUT2D eigenvalue weighted by Crippen LogP contribution is -2.41. The van der Waals surface area contributed by atoms with Crippen molar-refractivity contribution in [3.8, 4) is 0 Å². The van der Waals surface area contributed by atoms with E-state index in [0.717, 1.165) is 35.7 Å². The van der Waals surface area contributed by atoms with Crippen molar-refractivity contribution in [3.05, 3.63) is 46.7 Å². The Bertz CT molecular complexity index is 676. The van der Waals surface area contributed by atoms with Gasteiger partial charge in [-0.05, 0) is 37.1 Å². The summed E-state index contributed by atoms with van der Waals surface area (Å²) in [4.78, 5) is 13.1. The summed E-state index contributed by atoms with van der Waals surface area (Å²) < 4.78 is 1.14. The van der Waals surface area contributed by atoms with Crippen molar-refractivity contribution in [2.45, 2.75) is 25.4 Å². The molecule has 1 fully saturated rings. The lowest BCUT2D eigenvalue weighted by atomic mass is 10.0. The van der Waals surface area contributed by atoms with E-state index in [1.807, 2.05) is 25.1 Å². The third-order valence-electron chi connectivity index (χ3n) is 4.26. The summed E-state index contributed by atoms with van der Waals surface area (Å²) in [5.74, 6) is 1.83. The van der Waals surface area contributed by atoms with Gasteiger partial charge < -0.3 is 10.2 Å². The van der Waals surface area contributed by atoms with Gasteiger partial charge in [0.25, 0.3) is 0 Å². The minimum absolute atomic E-state index is 0.427. The molecule has 0 saturated carbocycles. The van der Waals surface area contributed by atoms with E-state index in [2.05, 4.69) is 60.4 Å². The number of nitrogens with one attached hydrogen (secondary N) is 1. The fraction of sp³-hybridized carbons (Fsp3) is 0.444. The maximum Gasteiger partial charge on any atom is 0.133 e. The molecule has 3 rings (SSSR count). The summed E-state index contributed by atoms with van der Waals surface area (Å²) in [6, 6.07) is 11.0. The first-order valence-corrected chi connectivity index (χ1v) is 9.12. The van der Waals surface area contributed by atoms with Crippen LogP contribution in [0.2, 0.25) is 0 Å². The summed E-state index contributed by atoms with van der Waals surface area (Å²) in [6.07, 6.45) is 4.01. The van der Waals surface area contributed by atoms with Crippen molar-refractivity contribution < 1.29 is 0 Å². The molecule has 24 heavy (non-hydrogen) atoms. The Morgan fingerprint density at radius 3 is 2.96 bits per heavy atom. The van der Waals surface area contributed by atoms with Gasteiger partial charge in [-0.25, -0.2) is 9.97 Å². The number of anilines is 2. The van der Waals surface area contributed by atoms with Crippen LogP contribution < -0.4 is 10.2 Å². The number of halogens is 1. The van der Waals surface area contributed by atoms with Crippen molar-refractivity contribution in [2.24, 2.45) is 0 Å². The highest BCUT2D eigenvalue weighted by Gasteiger charge is 2.20. The molecule has 0 radical (unpaired) electrons. The van der Waals surface area contributed by atoms with Gasteiger partial charge in [-0.2, -0.15) is 0 Å². The molecule has 0 aliphatic carbocycles.